The molecule has 4 heteroatoms. The Labute approximate surface area is 105 Å². The average molecular weight is 253 g/mol. The Morgan fingerprint density at radius 2 is 2.38 bits per heavy atom. The van der Waals surface area contributed by atoms with E-state index in [9.17, 15) is 0 Å². The Morgan fingerprint density at radius 3 is 3.00 bits per heavy atom. The van der Waals surface area contributed by atoms with Gasteiger partial charge in [0, 0.05) is 17.0 Å². The zero-order valence-electron chi connectivity index (χ0n) is 9.03. The summed E-state index contributed by atoms with van der Waals surface area (Å²) in [5.41, 5.74) is 1.52. The molecule has 0 bridgehead atoms. The van der Waals surface area contributed by atoms with E-state index in [0.29, 0.717) is 21.9 Å². The fraction of sp³-hybridized carbons (Fsp3) is 0.417. The molecule has 84 valence electrons. The first-order valence-electron chi connectivity index (χ1n) is 5.28. The Hall–Kier alpha value is -0.850. The van der Waals surface area contributed by atoms with Crippen molar-refractivity contribution in [1.29, 1.82) is 5.26 Å². The third kappa shape index (κ3) is 2.45. The fourth-order valence-corrected chi connectivity index (χ4v) is 3.19. The van der Waals surface area contributed by atoms with E-state index in [-0.39, 0.29) is 0 Å². The van der Waals surface area contributed by atoms with Crippen LogP contribution in [-0.4, -0.2) is 17.0 Å². The molecule has 2 unspecified atom stereocenters. The highest BCUT2D eigenvalue weighted by Gasteiger charge is 2.23. The summed E-state index contributed by atoms with van der Waals surface area (Å²) in [5.74, 6) is 1.21. The minimum atomic E-state index is 0.498. The van der Waals surface area contributed by atoms with Gasteiger partial charge in [-0.05, 0) is 30.4 Å². The Balaban J connectivity index is 2.13. The Kier molecular flexibility index (Phi) is 3.63. The molecule has 2 atom stereocenters. The minimum absolute atomic E-state index is 0.498. The van der Waals surface area contributed by atoms with Crippen LogP contribution < -0.4 is 5.32 Å². The van der Waals surface area contributed by atoms with Crippen LogP contribution in [0.25, 0.3) is 0 Å². The van der Waals surface area contributed by atoms with E-state index >= 15 is 0 Å². The number of nitriles is 1. The molecular weight excluding hydrogens is 240 g/mol. The van der Waals surface area contributed by atoms with Crippen molar-refractivity contribution < 1.29 is 0 Å². The van der Waals surface area contributed by atoms with Crippen LogP contribution in [0.4, 0.5) is 5.69 Å². The van der Waals surface area contributed by atoms with Crippen molar-refractivity contribution in [2.45, 2.75) is 24.6 Å². The average Bonchev–Trinajstić information content (AvgIpc) is 2.67. The molecule has 1 N–H and O–H groups in total. The van der Waals surface area contributed by atoms with Gasteiger partial charge in [0.25, 0.3) is 0 Å². The molecule has 1 aliphatic heterocycles. The summed E-state index contributed by atoms with van der Waals surface area (Å²) >= 11 is 7.87. The van der Waals surface area contributed by atoms with Crippen molar-refractivity contribution in [3.8, 4) is 6.07 Å². The zero-order valence-corrected chi connectivity index (χ0v) is 10.6. The zero-order chi connectivity index (χ0) is 11.5. The number of hydrogen-bond acceptors (Lipinski definition) is 3. The van der Waals surface area contributed by atoms with Crippen LogP contribution in [0.15, 0.2) is 18.2 Å². The summed E-state index contributed by atoms with van der Waals surface area (Å²) in [4.78, 5) is 0. The van der Waals surface area contributed by atoms with Gasteiger partial charge in [0.05, 0.1) is 10.6 Å². The van der Waals surface area contributed by atoms with E-state index in [1.54, 1.807) is 6.07 Å². The number of rotatable bonds is 2. The molecule has 1 heterocycles. The number of thioether (sulfide) groups is 1. The van der Waals surface area contributed by atoms with Crippen LogP contribution >= 0.6 is 23.4 Å². The van der Waals surface area contributed by atoms with Crippen molar-refractivity contribution in [3.63, 3.8) is 0 Å². The van der Waals surface area contributed by atoms with Crippen LogP contribution in [0.3, 0.4) is 0 Å². The van der Waals surface area contributed by atoms with E-state index in [1.807, 2.05) is 23.9 Å². The van der Waals surface area contributed by atoms with Crippen molar-refractivity contribution in [2.24, 2.45) is 0 Å². The van der Waals surface area contributed by atoms with Crippen LogP contribution in [0.5, 0.6) is 0 Å². The lowest BCUT2D eigenvalue weighted by atomic mass is 10.1. The highest BCUT2D eigenvalue weighted by Crippen LogP contribution is 2.29. The van der Waals surface area contributed by atoms with E-state index < -0.39 is 0 Å². The monoisotopic (exact) mass is 252 g/mol. The highest BCUT2D eigenvalue weighted by atomic mass is 35.5. The van der Waals surface area contributed by atoms with Gasteiger partial charge in [-0.25, -0.2) is 0 Å². The first-order chi connectivity index (χ1) is 7.70. The van der Waals surface area contributed by atoms with Gasteiger partial charge in [-0.2, -0.15) is 17.0 Å². The molecule has 1 aromatic carbocycles. The summed E-state index contributed by atoms with van der Waals surface area (Å²) < 4.78 is 0. The lowest BCUT2D eigenvalue weighted by Crippen LogP contribution is -2.24. The second kappa shape index (κ2) is 4.99. The smallest absolute Gasteiger partial charge is 0.101 e. The predicted molar refractivity (Wildman–Crippen MR) is 70.1 cm³/mol. The van der Waals surface area contributed by atoms with Gasteiger partial charge < -0.3 is 5.32 Å². The molecule has 1 saturated heterocycles. The topological polar surface area (TPSA) is 35.8 Å². The maximum atomic E-state index is 8.89. The Bertz CT molecular complexity index is 428. The maximum absolute atomic E-state index is 8.89. The van der Waals surface area contributed by atoms with Crippen LogP contribution in [0, 0.1) is 11.3 Å². The summed E-state index contributed by atoms with van der Waals surface area (Å²) in [6.45, 7) is 2.23. The highest BCUT2D eigenvalue weighted by molar-refractivity contribution is 8.00. The normalized spacial score (nSPS) is 24.1. The number of nitrogens with zero attached hydrogens (tertiary/aromatic N) is 1. The molecular formula is C12H13ClN2S. The quantitative estimate of drug-likeness (QED) is 0.875. The van der Waals surface area contributed by atoms with Gasteiger partial charge in [0.15, 0.2) is 0 Å². The molecule has 0 aliphatic carbocycles. The van der Waals surface area contributed by atoms with Gasteiger partial charge in [-0.3, -0.25) is 0 Å². The Morgan fingerprint density at radius 1 is 1.56 bits per heavy atom. The first kappa shape index (κ1) is 11.6. The summed E-state index contributed by atoms with van der Waals surface area (Å²) in [7, 11) is 0. The number of benzene rings is 1. The number of anilines is 1. The maximum Gasteiger partial charge on any atom is 0.101 e. The minimum Gasteiger partial charge on any atom is -0.381 e. The molecule has 1 fully saturated rings. The molecule has 0 aromatic heterocycles. The van der Waals surface area contributed by atoms with Gasteiger partial charge >= 0.3 is 0 Å². The van der Waals surface area contributed by atoms with E-state index in [4.69, 9.17) is 16.9 Å². The van der Waals surface area contributed by atoms with Gasteiger partial charge in [0.1, 0.15) is 6.07 Å². The third-order valence-electron chi connectivity index (χ3n) is 2.82. The molecule has 16 heavy (non-hydrogen) atoms. The second-order valence-electron chi connectivity index (χ2n) is 3.92. The van der Waals surface area contributed by atoms with Gasteiger partial charge in [0.2, 0.25) is 0 Å². The molecule has 0 amide bonds. The molecule has 0 radical (unpaired) electrons. The van der Waals surface area contributed by atoms with Crippen LogP contribution in [0.2, 0.25) is 5.02 Å². The lowest BCUT2D eigenvalue weighted by molar-refractivity contribution is 0.724. The standard InChI is InChI=1S/C12H13ClN2S/c1-8-12(4-5-16-8)15-10-2-3-11(13)9(6-10)7-14/h2-3,6,8,12,15H,4-5H2,1H3. The van der Waals surface area contributed by atoms with Gasteiger partial charge in [-0.15, -0.1) is 0 Å². The van der Waals surface area contributed by atoms with E-state index in [2.05, 4.69) is 18.3 Å². The second-order valence-corrected chi connectivity index (χ2v) is 5.81. The van der Waals surface area contributed by atoms with E-state index in [1.165, 1.54) is 12.2 Å². The molecule has 1 aromatic rings. The molecule has 1 aliphatic rings. The predicted octanol–water partition coefficient (Wildman–Crippen LogP) is 3.52. The van der Waals surface area contributed by atoms with Crippen LogP contribution in [-0.2, 0) is 0 Å². The third-order valence-corrected chi connectivity index (χ3v) is 4.47. The molecule has 0 spiro atoms. The number of nitrogens with one attached hydrogen (secondary N) is 1. The van der Waals surface area contributed by atoms with Gasteiger partial charge in [-0.1, -0.05) is 18.5 Å². The van der Waals surface area contributed by atoms with E-state index in [0.717, 1.165) is 5.69 Å². The lowest BCUT2D eigenvalue weighted by Gasteiger charge is -2.18. The van der Waals surface area contributed by atoms with Crippen molar-refractivity contribution in [3.05, 3.63) is 28.8 Å². The summed E-state index contributed by atoms with van der Waals surface area (Å²) in [6.07, 6.45) is 1.18. The van der Waals surface area contributed by atoms with Crippen molar-refractivity contribution in [2.75, 3.05) is 11.1 Å². The summed E-state index contributed by atoms with van der Waals surface area (Å²) in [5, 5.41) is 13.5. The molecule has 0 saturated carbocycles. The number of hydrogen-bond donors (Lipinski definition) is 1. The molecule has 2 nitrogen and oxygen atoms in total. The summed E-state index contributed by atoms with van der Waals surface area (Å²) in [6, 6.07) is 8.11. The van der Waals surface area contributed by atoms with Crippen molar-refractivity contribution >= 4 is 29.1 Å². The van der Waals surface area contributed by atoms with Crippen molar-refractivity contribution in [1.82, 2.24) is 0 Å². The molecule has 2 rings (SSSR count). The largest absolute Gasteiger partial charge is 0.381 e. The SMILES string of the molecule is CC1SCCC1Nc1ccc(Cl)c(C#N)c1. The first-order valence-corrected chi connectivity index (χ1v) is 6.71. The number of halogens is 1. The fourth-order valence-electron chi connectivity index (χ4n) is 1.84. The van der Waals surface area contributed by atoms with Crippen LogP contribution in [0.1, 0.15) is 18.9 Å².